The van der Waals surface area contributed by atoms with Gasteiger partial charge in [0.15, 0.2) is 0 Å². The lowest BCUT2D eigenvalue weighted by molar-refractivity contribution is -0.152. The van der Waals surface area contributed by atoms with Crippen molar-refractivity contribution >= 4 is 11.9 Å². The Bertz CT molecular complexity index is 552. The maximum atomic E-state index is 12.3. The smallest absolute Gasteiger partial charge is 0.329 e. The Kier molecular flexibility index (Phi) is 3.22. The average molecular weight is 274 g/mol. The highest BCUT2D eigenvalue weighted by molar-refractivity contribution is 5.90. The van der Waals surface area contributed by atoms with Crippen molar-refractivity contribution in [2.45, 2.75) is 43.8 Å². The Morgan fingerprint density at radius 2 is 1.95 bits per heavy atom. The van der Waals surface area contributed by atoms with Gasteiger partial charge in [-0.2, -0.15) is 0 Å². The Balaban J connectivity index is 1.69. The molecule has 3 N–H and O–H groups in total. The Morgan fingerprint density at radius 1 is 1.25 bits per heavy atom. The van der Waals surface area contributed by atoms with Gasteiger partial charge in [0.2, 0.25) is 5.91 Å². The van der Waals surface area contributed by atoms with Crippen molar-refractivity contribution in [2.24, 2.45) is 0 Å². The highest BCUT2D eigenvalue weighted by Gasteiger charge is 2.46. The summed E-state index contributed by atoms with van der Waals surface area (Å²) in [6, 6.07) is 7.66. The van der Waals surface area contributed by atoms with E-state index in [1.54, 1.807) is 0 Å². The lowest BCUT2D eigenvalue weighted by Crippen LogP contribution is -2.62. The second-order valence-electron chi connectivity index (χ2n) is 5.64. The summed E-state index contributed by atoms with van der Waals surface area (Å²) in [5.41, 5.74) is 1.33. The van der Waals surface area contributed by atoms with Gasteiger partial charge in [-0.1, -0.05) is 24.3 Å². The van der Waals surface area contributed by atoms with Crippen LogP contribution < -0.4 is 10.6 Å². The van der Waals surface area contributed by atoms with Crippen LogP contribution in [0, 0.1) is 0 Å². The van der Waals surface area contributed by atoms with E-state index in [-0.39, 0.29) is 11.9 Å². The number of carbonyl (C=O) groups excluding carboxylic acids is 1. The minimum absolute atomic E-state index is 0.207. The van der Waals surface area contributed by atoms with Gasteiger partial charge < -0.3 is 15.7 Å². The zero-order valence-electron chi connectivity index (χ0n) is 11.2. The quantitative estimate of drug-likeness (QED) is 0.762. The van der Waals surface area contributed by atoms with Crippen LogP contribution in [0.2, 0.25) is 0 Å². The first-order chi connectivity index (χ1) is 9.61. The zero-order chi connectivity index (χ0) is 14.2. The molecule has 0 spiro atoms. The van der Waals surface area contributed by atoms with E-state index in [1.807, 2.05) is 24.3 Å². The van der Waals surface area contributed by atoms with Crippen LogP contribution in [-0.4, -0.2) is 28.6 Å². The predicted molar refractivity (Wildman–Crippen MR) is 73.1 cm³/mol. The van der Waals surface area contributed by atoms with Crippen LogP contribution in [0.3, 0.4) is 0 Å². The highest BCUT2D eigenvalue weighted by atomic mass is 16.4. The van der Waals surface area contributed by atoms with E-state index in [1.165, 1.54) is 5.56 Å². The summed E-state index contributed by atoms with van der Waals surface area (Å²) in [6.45, 7) is 0.647. The molecule has 1 amide bonds. The summed E-state index contributed by atoms with van der Waals surface area (Å²) in [6.07, 6.45) is 2.51. The van der Waals surface area contributed by atoms with E-state index < -0.39 is 11.5 Å². The number of amides is 1. The van der Waals surface area contributed by atoms with Gasteiger partial charge in [0.05, 0.1) is 6.04 Å². The largest absolute Gasteiger partial charge is 0.480 e. The molecule has 1 fully saturated rings. The zero-order valence-corrected chi connectivity index (χ0v) is 11.2. The first-order valence-electron chi connectivity index (χ1n) is 6.96. The van der Waals surface area contributed by atoms with Gasteiger partial charge in [-0.15, -0.1) is 0 Å². The lowest BCUT2D eigenvalue weighted by Gasteiger charge is -2.39. The van der Waals surface area contributed by atoms with E-state index in [0.29, 0.717) is 25.8 Å². The van der Waals surface area contributed by atoms with Gasteiger partial charge in [0.25, 0.3) is 0 Å². The molecule has 20 heavy (non-hydrogen) atoms. The molecule has 0 radical (unpaired) electrons. The number of fused-ring (bicyclic) bond motifs is 1. The molecule has 0 saturated heterocycles. The Hall–Kier alpha value is -1.88. The average Bonchev–Trinajstić information content (AvgIpc) is 2.41. The fourth-order valence-electron chi connectivity index (χ4n) is 2.89. The summed E-state index contributed by atoms with van der Waals surface area (Å²) in [4.78, 5) is 23.6. The van der Waals surface area contributed by atoms with Crippen LogP contribution in [0.15, 0.2) is 24.3 Å². The van der Waals surface area contributed by atoms with E-state index in [2.05, 4.69) is 10.6 Å². The second-order valence-corrected chi connectivity index (χ2v) is 5.64. The normalized spacial score (nSPS) is 23.3. The number of carbonyl (C=O) groups is 2. The Labute approximate surface area is 117 Å². The van der Waals surface area contributed by atoms with E-state index in [9.17, 15) is 14.7 Å². The van der Waals surface area contributed by atoms with Crippen LogP contribution in [0.5, 0.6) is 0 Å². The van der Waals surface area contributed by atoms with Crippen LogP contribution in [0.1, 0.15) is 30.4 Å². The standard InChI is InChI=1S/C15H18N2O3/c18-13(17-15(14(19)20)6-3-7-15)12-8-10-4-1-2-5-11(10)9-16-12/h1-2,4-5,12,16H,3,6-9H2,(H,17,18)(H,19,20)/t12-/m1/s1. The fraction of sp³-hybridized carbons (Fsp3) is 0.467. The first kappa shape index (κ1) is 13.1. The van der Waals surface area contributed by atoms with E-state index in [0.717, 1.165) is 12.0 Å². The summed E-state index contributed by atoms with van der Waals surface area (Å²) in [7, 11) is 0. The molecule has 0 bridgehead atoms. The predicted octanol–water partition coefficient (Wildman–Crippen LogP) is 0.824. The minimum atomic E-state index is -1.03. The lowest BCUT2D eigenvalue weighted by atomic mass is 9.76. The number of carboxylic acid groups (broad SMARTS) is 1. The number of hydrogen-bond acceptors (Lipinski definition) is 3. The van der Waals surface area contributed by atoms with Crippen molar-refractivity contribution in [1.82, 2.24) is 10.6 Å². The SMILES string of the molecule is O=C(NC1(C(=O)O)CCC1)[C@H]1Cc2ccccc2CN1. The van der Waals surface area contributed by atoms with Crippen molar-refractivity contribution < 1.29 is 14.7 Å². The molecule has 106 valence electrons. The summed E-state index contributed by atoms with van der Waals surface area (Å²) in [5.74, 6) is -1.13. The maximum absolute atomic E-state index is 12.3. The molecular formula is C15H18N2O3. The van der Waals surface area contributed by atoms with Crippen molar-refractivity contribution in [3.05, 3.63) is 35.4 Å². The van der Waals surface area contributed by atoms with Gasteiger partial charge >= 0.3 is 5.97 Å². The molecule has 1 atom stereocenters. The summed E-state index contributed by atoms with van der Waals surface area (Å²) < 4.78 is 0. The number of benzene rings is 1. The number of rotatable bonds is 3. The molecule has 1 saturated carbocycles. The highest BCUT2D eigenvalue weighted by Crippen LogP contribution is 2.32. The molecule has 0 aromatic heterocycles. The fourth-order valence-corrected chi connectivity index (χ4v) is 2.89. The molecule has 3 rings (SSSR count). The molecule has 5 nitrogen and oxygen atoms in total. The van der Waals surface area contributed by atoms with E-state index >= 15 is 0 Å². The third-order valence-electron chi connectivity index (χ3n) is 4.38. The Morgan fingerprint density at radius 3 is 2.55 bits per heavy atom. The summed E-state index contributed by atoms with van der Waals surface area (Å²) in [5, 5.41) is 15.2. The van der Waals surface area contributed by atoms with Crippen LogP contribution in [0.25, 0.3) is 0 Å². The van der Waals surface area contributed by atoms with Crippen molar-refractivity contribution in [1.29, 1.82) is 0 Å². The van der Waals surface area contributed by atoms with Gasteiger partial charge in [0.1, 0.15) is 5.54 Å². The molecular weight excluding hydrogens is 256 g/mol. The topological polar surface area (TPSA) is 78.4 Å². The van der Waals surface area contributed by atoms with Crippen molar-refractivity contribution in [2.75, 3.05) is 0 Å². The molecule has 1 aliphatic heterocycles. The number of aliphatic carboxylic acids is 1. The van der Waals surface area contributed by atoms with Gasteiger partial charge in [-0.25, -0.2) is 4.79 Å². The molecule has 1 heterocycles. The van der Waals surface area contributed by atoms with Crippen molar-refractivity contribution in [3.63, 3.8) is 0 Å². The number of nitrogens with one attached hydrogen (secondary N) is 2. The van der Waals surface area contributed by atoms with Gasteiger partial charge in [-0.05, 0) is 36.8 Å². The second kappa shape index (κ2) is 4.90. The number of carboxylic acids is 1. The van der Waals surface area contributed by atoms with E-state index in [4.69, 9.17) is 0 Å². The third-order valence-corrected chi connectivity index (χ3v) is 4.38. The monoisotopic (exact) mass is 274 g/mol. The molecule has 2 aliphatic rings. The summed E-state index contributed by atoms with van der Waals surface area (Å²) >= 11 is 0. The molecule has 1 aliphatic carbocycles. The maximum Gasteiger partial charge on any atom is 0.329 e. The number of hydrogen-bond donors (Lipinski definition) is 3. The van der Waals surface area contributed by atoms with Crippen LogP contribution in [0.4, 0.5) is 0 Å². The molecule has 5 heteroatoms. The third kappa shape index (κ3) is 2.18. The van der Waals surface area contributed by atoms with Crippen LogP contribution >= 0.6 is 0 Å². The van der Waals surface area contributed by atoms with Gasteiger partial charge in [-0.3, -0.25) is 4.79 Å². The van der Waals surface area contributed by atoms with Crippen LogP contribution in [-0.2, 0) is 22.6 Å². The molecule has 1 aromatic carbocycles. The minimum Gasteiger partial charge on any atom is -0.480 e. The molecule has 1 aromatic rings. The molecule has 0 unspecified atom stereocenters. The van der Waals surface area contributed by atoms with Gasteiger partial charge in [0, 0.05) is 6.54 Å². The first-order valence-corrected chi connectivity index (χ1v) is 6.96. The van der Waals surface area contributed by atoms with Crippen molar-refractivity contribution in [3.8, 4) is 0 Å².